The number of amides is 1. The van der Waals surface area contributed by atoms with Crippen LogP contribution < -0.4 is 11.1 Å². The van der Waals surface area contributed by atoms with Crippen LogP contribution in [0.4, 0.5) is 14.5 Å². The number of hydrogen-bond acceptors (Lipinski definition) is 2. The molecule has 20 heavy (non-hydrogen) atoms. The smallest absolute Gasteiger partial charge is 0.244 e. The molecule has 0 aliphatic rings. The molecule has 1 unspecified atom stereocenters. The number of rotatable bonds is 4. The third kappa shape index (κ3) is 3.12. The molecule has 0 saturated carbocycles. The fourth-order valence-corrected chi connectivity index (χ4v) is 2.00. The highest BCUT2D eigenvalue weighted by Gasteiger charge is 2.21. The maximum absolute atomic E-state index is 13.7. The van der Waals surface area contributed by atoms with E-state index >= 15 is 0 Å². The van der Waals surface area contributed by atoms with Crippen molar-refractivity contribution in [1.82, 2.24) is 0 Å². The lowest BCUT2D eigenvalue weighted by Crippen LogP contribution is -2.28. The number of aryl methyl sites for hydroxylation is 1. The van der Waals surface area contributed by atoms with Crippen LogP contribution in [0.25, 0.3) is 0 Å². The van der Waals surface area contributed by atoms with Gasteiger partial charge in [-0.2, -0.15) is 0 Å². The Morgan fingerprint density at radius 3 is 2.50 bits per heavy atom. The average Bonchev–Trinajstić information content (AvgIpc) is 2.35. The molecule has 0 saturated heterocycles. The Morgan fingerprint density at radius 1 is 1.20 bits per heavy atom. The van der Waals surface area contributed by atoms with E-state index in [0.29, 0.717) is 11.3 Å². The van der Waals surface area contributed by atoms with Gasteiger partial charge >= 0.3 is 0 Å². The topological polar surface area (TPSA) is 55.1 Å². The summed E-state index contributed by atoms with van der Waals surface area (Å²) >= 11 is 0. The predicted molar refractivity (Wildman–Crippen MR) is 73.1 cm³/mol. The van der Waals surface area contributed by atoms with Gasteiger partial charge in [-0.3, -0.25) is 4.79 Å². The van der Waals surface area contributed by atoms with Gasteiger partial charge in [-0.05, 0) is 36.8 Å². The summed E-state index contributed by atoms with van der Waals surface area (Å²) in [5.41, 5.74) is 6.48. The van der Waals surface area contributed by atoms with E-state index in [1.165, 1.54) is 30.3 Å². The Kier molecular flexibility index (Phi) is 3.98. The first-order valence-electron chi connectivity index (χ1n) is 6.05. The Labute approximate surface area is 115 Å². The standard InChI is InChI=1S/C15H14F2N2O/c1-9-6-10(16)8-11(7-9)19-14(15(18)20)12-4-2-3-5-13(12)17/h2-8,14,19H,1H3,(H2,18,20). The molecule has 104 valence electrons. The van der Waals surface area contributed by atoms with E-state index in [1.54, 1.807) is 19.1 Å². The SMILES string of the molecule is Cc1cc(F)cc(NC(C(N)=O)c2ccccc2F)c1. The maximum atomic E-state index is 13.7. The summed E-state index contributed by atoms with van der Waals surface area (Å²) in [4.78, 5) is 11.5. The number of primary amides is 1. The second-order valence-corrected chi connectivity index (χ2v) is 4.52. The minimum absolute atomic E-state index is 0.127. The van der Waals surface area contributed by atoms with Crippen LogP contribution in [0.3, 0.4) is 0 Å². The molecule has 0 spiro atoms. The lowest BCUT2D eigenvalue weighted by Gasteiger charge is -2.18. The summed E-state index contributed by atoms with van der Waals surface area (Å²) in [5.74, 6) is -1.72. The van der Waals surface area contributed by atoms with E-state index in [4.69, 9.17) is 5.73 Å². The van der Waals surface area contributed by atoms with Crippen molar-refractivity contribution in [2.24, 2.45) is 5.73 Å². The monoisotopic (exact) mass is 276 g/mol. The number of nitrogens with two attached hydrogens (primary N) is 1. The van der Waals surface area contributed by atoms with E-state index < -0.39 is 23.6 Å². The zero-order chi connectivity index (χ0) is 14.7. The lowest BCUT2D eigenvalue weighted by molar-refractivity contribution is -0.118. The zero-order valence-electron chi connectivity index (χ0n) is 10.9. The van der Waals surface area contributed by atoms with Gasteiger partial charge in [0.25, 0.3) is 0 Å². The Hall–Kier alpha value is -2.43. The molecular weight excluding hydrogens is 262 g/mol. The molecule has 2 aromatic rings. The van der Waals surface area contributed by atoms with E-state index in [0.717, 1.165) is 0 Å². The minimum Gasteiger partial charge on any atom is -0.370 e. The number of halogens is 2. The van der Waals surface area contributed by atoms with Crippen LogP contribution in [-0.4, -0.2) is 5.91 Å². The molecule has 0 radical (unpaired) electrons. The van der Waals surface area contributed by atoms with Crippen LogP contribution >= 0.6 is 0 Å². The molecular formula is C15H14F2N2O. The van der Waals surface area contributed by atoms with Gasteiger partial charge in [0.1, 0.15) is 17.7 Å². The van der Waals surface area contributed by atoms with Gasteiger partial charge in [-0.1, -0.05) is 18.2 Å². The van der Waals surface area contributed by atoms with Crippen molar-refractivity contribution in [2.75, 3.05) is 5.32 Å². The molecule has 2 rings (SSSR count). The molecule has 0 aliphatic carbocycles. The van der Waals surface area contributed by atoms with Crippen LogP contribution in [0.5, 0.6) is 0 Å². The minimum atomic E-state index is -1.06. The van der Waals surface area contributed by atoms with Gasteiger partial charge in [0.2, 0.25) is 5.91 Å². The summed E-state index contributed by atoms with van der Waals surface area (Å²) in [6, 6.07) is 9.00. The summed E-state index contributed by atoms with van der Waals surface area (Å²) in [7, 11) is 0. The number of hydrogen-bond donors (Lipinski definition) is 2. The highest BCUT2D eigenvalue weighted by Crippen LogP contribution is 2.23. The highest BCUT2D eigenvalue weighted by atomic mass is 19.1. The van der Waals surface area contributed by atoms with Crippen molar-refractivity contribution in [1.29, 1.82) is 0 Å². The molecule has 5 heteroatoms. The van der Waals surface area contributed by atoms with E-state index in [2.05, 4.69) is 5.32 Å². The van der Waals surface area contributed by atoms with E-state index in [1.807, 2.05) is 0 Å². The molecule has 0 aromatic heterocycles. The fourth-order valence-electron chi connectivity index (χ4n) is 2.00. The molecule has 1 atom stereocenters. The Morgan fingerprint density at radius 2 is 1.90 bits per heavy atom. The van der Waals surface area contributed by atoms with Crippen molar-refractivity contribution in [3.8, 4) is 0 Å². The Bertz CT molecular complexity index is 623. The van der Waals surface area contributed by atoms with Gasteiger partial charge in [-0.25, -0.2) is 8.78 Å². The summed E-state index contributed by atoms with van der Waals surface area (Å²) in [6.07, 6.45) is 0. The first-order valence-corrected chi connectivity index (χ1v) is 6.05. The molecule has 1 amide bonds. The van der Waals surface area contributed by atoms with Gasteiger partial charge in [0.15, 0.2) is 0 Å². The van der Waals surface area contributed by atoms with Crippen LogP contribution in [0, 0.1) is 18.6 Å². The van der Waals surface area contributed by atoms with Crippen LogP contribution in [0.1, 0.15) is 17.2 Å². The van der Waals surface area contributed by atoms with Gasteiger partial charge in [0, 0.05) is 11.3 Å². The molecule has 3 nitrogen and oxygen atoms in total. The fraction of sp³-hybridized carbons (Fsp3) is 0.133. The first-order chi connectivity index (χ1) is 9.47. The third-order valence-electron chi connectivity index (χ3n) is 2.85. The van der Waals surface area contributed by atoms with Crippen molar-refractivity contribution in [2.45, 2.75) is 13.0 Å². The molecule has 0 fully saturated rings. The van der Waals surface area contributed by atoms with Crippen molar-refractivity contribution in [3.05, 3.63) is 65.2 Å². The lowest BCUT2D eigenvalue weighted by atomic mass is 10.0. The molecule has 0 heterocycles. The predicted octanol–water partition coefficient (Wildman–Crippen LogP) is 2.91. The van der Waals surface area contributed by atoms with Crippen LogP contribution in [0.15, 0.2) is 42.5 Å². The highest BCUT2D eigenvalue weighted by molar-refractivity contribution is 5.84. The van der Waals surface area contributed by atoms with Gasteiger partial charge in [0.05, 0.1) is 0 Å². The molecule has 2 aromatic carbocycles. The van der Waals surface area contributed by atoms with Crippen molar-refractivity contribution in [3.63, 3.8) is 0 Å². The van der Waals surface area contributed by atoms with Crippen molar-refractivity contribution < 1.29 is 13.6 Å². The van der Waals surface area contributed by atoms with Gasteiger partial charge in [-0.15, -0.1) is 0 Å². The third-order valence-corrected chi connectivity index (χ3v) is 2.85. The number of nitrogens with one attached hydrogen (secondary N) is 1. The van der Waals surface area contributed by atoms with Crippen LogP contribution in [0.2, 0.25) is 0 Å². The summed E-state index contributed by atoms with van der Waals surface area (Å²) in [6.45, 7) is 1.72. The number of benzene rings is 2. The second kappa shape index (κ2) is 5.69. The normalized spacial score (nSPS) is 11.9. The molecule has 0 bridgehead atoms. The average molecular weight is 276 g/mol. The number of carbonyl (C=O) groups excluding carboxylic acids is 1. The van der Waals surface area contributed by atoms with Crippen LogP contribution in [-0.2, 0) is 4.79 Å². The van der Waals surface area contributed by atoms with E-state index in [-0.39, 0.29) is 5.56 Å². The van der Waals surface area contributed by atoms with E-state index in [9.17, 15) is 13.6 Å². The largest absolute Gasteiger partial charge is 0.370 e. The first kappa shape index (κ1) is 14.0. The number of carbonyl (C=O) groups is 1. The number of anilines is 1. The van der Waals surface area contributed by atoms with Crippen molar-refractivity contribution >= 4 is 11.6 Å². The zero-order valence-corrected chi connectivity index (χ0v) is 10.9. The van der Waals surface area contributed by atoms with Gasteiger partial charge < -0.3 is 11.1 Å². The summed E-state index contributed by atoms with van der Waals surface area (Å²) in [5, 5.41) is 2.76. The molecule has 0 aliphatic heterocycles. The quantitative estimate of drug-likeness (QED) is 0.902. The maximum Gasteiger partial charge on any atom is 0.244 e. The second-order valence-electron chi connectivity index (χ2n) is 4.52. The Balaban J connectivity index is 2.36. The summed E-state index contributed by atoms with van der Waals surface area (Å²) < 4.78 is 27.1. The molecule has 3 N–H and O–H groups in total.